The zero-order chi connectivity index (χ0) is 19.7. The molecule has 1 amide bonds. The molecule has 28 heavy (non-hydrogen) atoms. The fourth-order valence-corrected chi connectivity index (χ4v) is 2.48. The van der Waals surface area contributed by atoms with E-state index in [4.69, 9.17) is 10.5 Å². The first-order valence-corrected chi connectivity index (χ1v) is 8.24. The third kappa shape index (κ3) is 5.12. The molecular formula is C18H19ClF3N3O3. The zero-order valence-electron chi connectivity index (χ0n) is 14.6. The van der Waals surface area contributed by atoms with Gasteiger partial charge < -0.3 is 20.9 Å². The van der Waals surface area contributed by atoms with Gasteiger partial charge in [0.2, 0.25) is 5.88 Å². The van der Waals surface area contributed by atoms with Gasteiger partial charge in [0.15, 0.2) is 0 Å². The molecule has 3 rings (SSSR count). The number of alkyl halides is 3. The highest BCUT2D eigenvalue weighted by atomic mass is 35.5. The van der Waals surface area contributed by atoms with Gasteiger partial charge >= 0.3 is 6.18 Å². The molecule has 1 heterocycles. The fourth-order valence-electron chi connectivity index (χ4n) is 2.48. The van der Waals surface area contributed by atoms with E-state index in [9.17, 15) is 23.1 Å². The molecule has 1 aliphatic rings. The van der Waals surface area contributed by atoms with Gasteiger partial charge in [-0.2, -0.15) is 13.2 Å². The summed E-state index contributed by atoms with van der Waals surface area (Å²) < 4.78 is 44.3. The molecule has 0 bridgehead atoms. The maximum Gasteiger partial charge on any atom is 0.433 e. The first-order valence-electron chi connectivity index (χ1n) is 8.24. The minimum Gasteiger partial charge on any atom is -0.439 e. The Kier molecular flexibility index (Phi) is 6.53. The van der Waals surface area contributed by atoms with Gasteiger partial charge in [-0.15, -0.1) is 12.4 Å². The number of rotatable bonds is 6. The van der Waals surface area contributed by atoms with Crippen molar-refractivity contribution < 1.29 is 27.8 Å². The molecule has 1 fully saturated rings. The molecule has 0 spiro atoms. The molecule has 10 heteroatoms. The van der Waals surface area contributed by atoms with Crippen molar-refractivity contribution in [1.29, 1.82) is 0 Å². The molecule has 0 atom stereocenters. The normalized spacial score (nSPS) is 14.8. The van der Waals surface area contributed by atoms with Crippen LogP contribution in [-0.4, -0.2) is 28.1 Å². The number of aliphatic hydroxyl groups is 1. The second-order valence-electron chi connectivity index (χ2n) is 6.42. The van der Waals surface area contributed by atoms with Crippen LogP contribution in [0.4, 0.5) is 13.2 Å². The van der Waals surface area contributed by atoms with Gasteiger partial charge in [0.05, 0.1) is 12.1 Å². The Labute approximate surface area is 165 Å². The summed E-state index contributed by atoms with van der Waals surface area (Å²) in [5.74, 6) is -0.505. The van der Waals surface area contributed by atoms with Gasteiger partial charge in [0, 0.05) is 18.2 Å². The Morgan fingerprint density at radius 1 is 1.29 bits per heavy atom. The lowest BCUT2D eigenvalue weighted by Gasteiger charge is -2.15. The number of nitrogens with one attached hydrogen (secondary N) is 1. The van der Waals surface area contributed by atoms with Crippen LogP contribution in [0.3, 0.4) is 0 Å². The second-order valence-corrected chi connectivity index (χ2v) is 6.42. The summed E-state index contributed by atoms with van der Waals surface area (Å²) in [6, 6.07) is 8.15. The lowest BCUT2D eigenvalue weighted by Crippen LogP contribution is -2.39. The highest BCUT2D eigenvalue weighted by Crippen LogP contribution is 2.35. The predicted octanol–water partition coefficient (Wildman–Crippen LogP) is 3.03. The van der Waals surface area contributed by atoms with E-state index >= 15 is 0 Å². The topological polar surface area (TPSA) is 97.5 Å². The minimum atomic E-state index is -4.63. The Morgan fingerprint density at radius 3 is 2.57 bits per heavy atom. The Bertz CT molecular complexity index is 857. The lowest BCUT2D eigenvalue weighted by atomic mass is 10.1. The van der Waals surface area contributed by atoms with Crippen molar-refractivity contribution >= 4 is 18.3 Å². The van der Waals surface area contributed by atoms with Crippen LogP contribution in [0.25, 0.3) is 0 Å². The maximum absolute atomic E-state index is 13.0. The standard InChI is InChI=1S/C18H18F3N3O3.ClH/c19-18(20,21)14-6-11(9-22)7-15(23-14)27-13-3-1-2-12(8-13)16(26)24-17(10-25)4-5-17;/h1-3,6-8,25H,4-5,9-10,22H2,(H,24,26);1H. The Balaban J connectivity index is 0.00000280. The SMILES string of the molecule is Cl.NCc1cc(Oc2cccc(C(=O)NC3(CO)CC3)c2)nc(C(F)(F)F)c1. The average molecular weight is 418 g/mol. The fraction of sp³-hybridized carbons (Fsp3) is 0.333. The number of carbonyl (C=O) groups excluding carboxylic acids is 1. The van der Waals surface area contributed by atoms with Crippen LogP contribution >= 0.6 is 12.4 Å². The number of nitrogens with two attached hydrogens (primary N) is 1. The summed E-state index contributed by atoms with van der Waals surface area (Å²) in [4.78, 5) is 15.8. The molecule has 6 nitrogen and oxygen atoms in total. The second kappa shape index (κ2) is 8.34. The summed E-state index contributed by atoms with van der Waals surface area (Å²) in [7, 11) is 0. The van der Waals surface area contributed by atoms with Crippen molar-refractivity contribution in [2.45, 2.75) is 31.1 Å². The van der Waals surface area contributed by atoms with Crippen molar-refractivity contribution in [3.05, 3.63) is 53.2 Å². The molecule has 1 aromatic carbocycles. The number of ether oxygens (including phenoxy) is 1. The van der Waals surface area contributed by atoms with Gasteiger partial charge in [0.25, 0.3) is 5.91 Å². The maximum atomic E-state index is 13.0. The van der Waals surface area contributed by atoms with E-state index in [1.165, 1.54) is 18.2 Å². The molecule has 1 aromatic heterocycles. The van der Waals surface area contributed by atoms with E-state index in [-0.39, 0.29) is 48.3 Å². The van der Waals surface area contributed by atoms with Crippen molar-refractivity contribution in [3.8, 4) is 11.6 Å². The molecule has 0 saturated heterocycles. The smallest absolute Gasteiger partial charge is 0.433 e. The number of carbonyl (C=O) groups is 1. The third-order valence-electron chi connectivity index (χ3n) is 4.24. The van der Waals surface area contributed by atoms with E-state index in [0.717, 1.165) is 6.07 Å². The van der Waals surface area contributed by atoms with E-state index < -0.39 is 23.3 Å². The zero-order valence-corrected chi connectivity index (χ0v) is 15.4. The summed E-state index contributed by atoms with van der Waals surface area (Å²) in [6.45, 7) is -0.251. The molecule has 2 aromatic rings. The van der Waals surface area contributed by atoms with Crippen LogP contribution < -0.4 is 15.8 Å². The van der Waals surface area contributed by atoms with Gasteiger partial charge in [-0.1, -0.05) is 6.07 Å². The molecule has 0 aliphatic heterocycles. The molecule has 152 valence electrons. The van der Waals surface area contributed by atoms with Crippen molar-refractivity contribution in [2.75, 3.05) is 6.61 Å². The van der Waals surface area contributed by atoms with E-state index in [1.54, 1.807) is 12.1 Å². The van der Waals surface area contributed by atoms with Crippen LogP contribution in [0.2, 0.25) is 0 Å². The van der Waals surface area contributed by atoms with Crippen molar-refractivity contribution in [3.63, 3.8) is 0 Å². The number of nitrogens with zero attached hydrogens (tertiary/aromatic N) is 1. The number of aliphatic hydroxyl groups excluding tert-OH is 1. The monoisotopic (exact) mass is 417 g/mol. The molecule has 0 unspecified atom stereocenters. The Hall–Kier alpha value is -2.36. The van der Waals surface area contributed by atoms with E-state index in [2.05, 4.69) is 10.3 Å². The number of halogens is 4. The molecule has 0 radical (unpaired) electrons. The van der Waals surface area contributed by atoms with Crippen LogP contribution in [0, 0.1) is 0 Å². The summed E-state index contributed by atoms with van der Waals surface area (Å²) in [5, 5.41) is 12.0. The number of pyridine rings is 1. The molecular weight excluding hydrogens is 399 g/mol. The number of amides is 1. The highest BCUT2D eigenvalue weighted by Gasteiger charge is 2.43. The van der Waals surface area contributed by atoms with Crippen molar-refractivity contribution in [1.82, 2.24) is 10.3 Å². The van der Waals surface area contributed by atoms with Gasteiger partial charge in [-0.25, -0.2) is 4.98 Å². The number of aromatic nitrogens is 1. The Morgan fingerprint density at radius 2 is 2.00 bits per heavy atom. The first kappa shape index (κ1) is 21.9. The molecule has 1 aliphatic carbocycles. The lowest BCUT2D eigenvalue weighted by molar-refractivity contribution is -0.141. The average Bonchev–Trinajstić information content (AvgIpc) is 3.41. The van der Waals surface area contributed by atoms with Crippen LogP contribution in [0.5, 0.6) is 11.6 Å². The number of hydrogen-bond acceptors (Lipinski definition) is 5. The molecule has 1 saturated carbocycles. The van der Waals surface area contributed by atoms with Crippen LogP contribution in [0.1, 0.15) is 34.5 Å². The quantitative estimate of drug-likeness (QED) is 0.671. The van der Waals surface area contributed by atoms with Crippen molar-refractivity contribution in [2.24, 2.45) is 5.73 Å². The van der Waals surface area contributed by atoms with Crippen LogP contribution in [-0.2, 0) is 12.7 Å². The minimum absolute atomic E-state index is 0. The summed E-state index contributed by atoms with van der Waals surface area (Å²) in [6.07, 6.45) is -3.24. The number of benzene rings is 1. The van der Waals surface area contributed by atoms with Gasteiger partial charge in [-0.05, 0) is 42.7 Å². The van der Waals surface area contributed by atoms with Gasteiger partial charge in [-0.3, -0.25) is 4.79 Å². The summed E-state index contributed by atoms with van der Waals surface area (Å²) in [5.41, 5.74) is 4.25. The summed E-state index contributed by atoms with van der Waals surface area (Å²) >= 11 is 0. The number of hydrogen-bond donors (Lipinski definition) is 3. The van der Waals surface area contributed by atoms with Crippen LogP contribution in [0.15, 0.2) is 36.4 Å². The molecule has 4 N–H and O–H groups in total. The largest absolute Gasteiger partial charge is 0.439 e. The van der Waals surface area contributed by atoms with Gasteiger partial charge in [0.1, 0.15) is 11.4 Å². The predicted molar refractivity (Wildman–Crippen MR) is 97.4 cm³/mol. The first-order chi connectivity index (χ1) is 12.7. The van der Waals surface area contributed by atoms with E-state index in [0.29, 0.717) is 12.8 Å². The van der Waals surface area contributed by atoms with E-state index in [1.807, 2.05) is 0 Å². The highest BCUT2D eigenvalue weighted by molar-refractivity contribution is 5.95. The third-order valence-corrected chi connectivity index (χ3v) is 4.24.